The van der Waals surface area contributed by atoms with Gasteiger partial charge in [0.15, 0.2) is 5.65 Å². The maximum absolute atomic E-state index is 4.56. The van der Waals surface area contributed by atoms with Crippen molar-refractivity contribution in [1.29, 1.82) is 0 Å². The SMILES string of the molecule is c1csc(CN2CCN(c3ccc4nncn4n3)CC2)c1. The van der Waals surface area contributed by atoms with E-state index in [1.165, 1.54) is 4.88 Å². The summed E-state index contributed by atoms with van der Waals surface area (Å²) < 4.78 is 1.73. The molecule has 0 saturated carbocycles. The summed E-state index contributed by atoms with van der Waals surface area (Å²) in [6, 6.07) is 8.32. The van der Waals surface area contributed by atoms with Crippen LogP contribution in [0.15, 0.2) is 36.0 Å². The first-order valence-corrected chi connectivity index (χ1v) is 7.93. The van der Waals surface area contributed by atoms with Gasteiger partial charge in [-0.25, -0.2) is 0 Å². The van der Waals surface area contributed by atoms with Gasteiger partial charge in [0.1, 0.15) is 12.1 Å². The standard InChI is InChI=1S/C14H16N6S/c1-2-12(21-9-1)10-18-5-7-19(8-6-18)14-4-3-13-16-15-11-20(13)17-14/h1-4,9,11H,5-8,10H2. The van der Waals surface area contributed by atoms with Gasteiger partial charge >= 0.3 is 0 Å². The quantitative estimate of drug-likeness (QED) is 0.734. The van der Waals surface area contributed by atoms with E-state index in [0.717, 1.165) is 44.2 Å². The zero-order valence-corrected chi connectivity index (χ0v) is 12.4. The number of fused-ring (bicyclic) bond motifs is 1. The van der Waals surface area contributed by atoms with Crippen LogP contribution in [0.4, 0.5) is 5.82 Å². The van der Waals surface area contributed by atoms with Crippen molar-refractivity contribution in [3.63, 3.8) is 0 Å². The summed E-state index contributed by atoms with van der Waals surface area (Å²) in [5.74, 6) is 0.998. The summed E-state index contributed by atoms with van der Waals surface area (Å²) >= 11 is 1.83. The normalized spacial score (nSPS) is 16.7. The van der Waals surface area contributed by atoms with Crippen molar-refractivity contribution in [3.8, 4) is 0 Å². The maximum atomic E-state index is 4.56. The van der Waals surface area contributed by atoms with Crippen LogP contribution in [0, 0.1) is 0 Å². The minimum absolute atomic E-state index is 0.787. The first kappa shape index (κ1) is 12.7. The second-order valence-electron chi connectivity index (χ2n) is 5.17. The van der Waals surface area contributed by atoms with Gasteiger partial charge in [-0.15, -0.1) is 26.6 Å². The number of thiophene rings is 1. The number of anilines is 1. The summed E-state index contributed by atoms with van der Waals surface area (Å²) in [5, 5.41) is 14.6. The molecular weight excluding hydrogens is 284 g/mol. The molecule has 3 aromatic heterocycles. The fourth-order valence-electron chi connectivity index (χ4n) is 2.65. The molecule has 0 aromatic carbocycles. The van der Waals surface area contributed by atoms with E-state index in [2.05, 4.69) is 42.6 Å². The zero-order valence-electron chi connectivity index (χ0n) is 11.6. The van der Waals surface area contributed by atoms with Crippen molar-refractivity contribution in [2.75, 3.05) is 31.1 Å². The lowest BCUT2D eigenvalue weighted by Gasteiger charge is -2.35. The van der Waals surface area contributed by atoms with Crippen molar-refractivity contribution in [2.45, 2.75) is 6.54 Å². The Kier molecular flexibility index (Phi) is 3.28. The third-order valence-corrected chi connectivity index (χ3v) is 4.66. The first-order valence-electron chi connectivity index (χ1n) is 7.05. The second-order valence-corrected chi connectivity index (χ2v) is 6.20. The fraction of sp³-hybridized carbons (Fsp3) is 0.357. The van der Waals surface area contributed by atoms with Crippen LogP contribution in [0.2, 0.25) is 0 Å². The van der Waals surface area contributed by atoms with Crippen LogP contribution < -0.4 is 4.90 Å². The summed E-state index contributed by atoms with van der Waals surface area (Å²) in [6.45, 7) is 5.21. The third-order valence-electron chi connectivity index (χ3n) is 3.80. The first-order chi connectivity index (χ1) is 10.4. The Labute approximate surface area is 126 Å². The molecule has 0 aliphatic carbocycles. The fourth-order valence-corrected chi connectivity index (χ4v) is 3.39. The summed E-state index contributed by atoms with van der Waals surface area (Å²) in [7, 11) is 0. The molecule has 1 aliphatic rings. The molecule has 1 fully saturated rings. The molecule has 1 aliphatic heterocycles. The Morgan fingerprint density at radius 3 is 2.81 bits per heavy atom. The molecule has 4 rings (SSSR count). The van der Waals surface area contributed by atoms with Gasteiger partial charge in [-0.3, -0.25) is 4.90 Å². The molecule has 1 saturated heterocycles. The van der Waals surface area contributed by atoms with E-state index >= 15 is 0 Å². The van der Waals surface area contributed by atoms with E-state index < -0.39 is 0 Å². The van der Waals surface area contributed by atoms with Crippen LogP contribution in [0.25, 0.3) is 5.65 Å². The van der Waals surface area contributed by atoms with Crippen molar-refractivity contribution in [1.82, 2.24) is 24.7 Å². The summed E-state index contributed by atoms with van der Waals surface area (Å²) in [5.41, 5.74) is 0.787. The smallest absolute Gasteiger partial charge is 0.177 e. The largest absolute Gasteiger partial charge is 0.353 e. The van der Waals surface area contributed by atoms with Gasteiger partial charge in [0.25, 0.3) is 0 Å². The molecule has 0 radical (unpaired) electrons. The van der Waals surface area contributed by atoms with Crippen LogP contribution in [0.3, 0.4) is 0 Å². The summed E-state index contributed by atoms with van der Waals surface area (Å²) in [4.78, 5) is 6.26. The molecule has 0 unspecified atom stereocenters. The van der Waals surface area contributed by atoms with Gasteiger partial charge in [0.2, 0.25) is 0 Å². The van der Waals surface area contributed by atoms with Crippen molar-refractivity contribution < 1.29 is 0 Å². The monoisotopic (exact) mass is 300 g/mol. The molecule has 0 bridgehead atoms. The maximum Gasteiger partial charge on any atom is 0.177 e. The second kappa shape index (κ2) is 5.42. The Morgan fingerprint density at radius 2 is 2.00 bits per heavy atom. The molecular formula is C14H16N6S. The highest BCUT2D eigenvalue weighted by molar-refractivity contribution is 7.09. The van der Waals surface area contributed by atoms with Crippen LogP contribution in [0.5, 0.6) is 0 Å². The van der Waals surface area contributed by atoms with Crippen LogP contribution in [-0.2, 0) is 6.54 Å². The van der Waals surface area contributed by atoms with E-state index in [-0.39, 0.29) is 0 Å². The van der Waals surface area contributed by atoms with Gasteiger partial charge in [-0.2, -0.15) is 4.52 Å². The average Bonchev–Trinajstić information content (AvgIpc) is 3.18. The van der Waals surface area contributed by atoms with Gasteiger partial charge < -0.3 is 4.90 Å². The molecule has 6 nitrogen and oxygen atoms in total. The van der Waals surface area contributed by atoms with Crippen LogP contribution in [-0.4, -0.2) is 50.9 Å². The Bertz CT molecular complexity index is 714. The van der Waals surface area contributed by atoms with E-state index in [0.29, 0.717) is 0 Å². The molecule has 21 heavy (non-hydrogen) atoms. The minimum Gasteiger partial charge on any atom is -0.353 e. The van der Waals surface area contributed by atoms with Crippen molar-refractivity contribution >= 4 is 22.8 Å². The molecule has 3 aromatic rings. The van der Waals surface area contributed by atoms with E-state index in [9.17, 15) is 0 Å². The zero-order chi connectivity index (χ0) is 14.1. The van der Waals surface area contributed by atoms with E-state index in [4.69, 9.17) is 0 Å². The lowest BCUT2D eigenvalue weighted by Crippen LogP contribution is -2.46. The van der Waals surface area contributed by atoms with Gasteiger partial charge in [-0.1, -0.05) is 6.07 Å². The van der Waals surface area contributed by atoms with Gasteiger partial charge in [-0.05, 0) is 23.6 Å². The Morgan fingerprint density at radius 1 is 1.10 bits per heavy atom. The van der Waals surface area contributed by atoms with Gasteiger partial charge in [0, 0.05) is 37.6 Å². The molecule has 0 amide bonds. The Hall–Kier alpha value is -1.99. The number of nitrogens with zero attached hydrogens (tertiary/aromatic N) is 6. The van der Waals surface area contributed by atoms with Crippen molar-refractivity contribution in [3.05, 3.63) is 40.8 Å². The number of hydrogen-bond donors (Lipinski definition) is 0. The van der Waals surface area contributed by atoms with Crippen molar-refractivity contribution in [2.24, 2.45) is 0 Å². The van der Waals surface area contributed by atoms with E-state index in [1.807, 2.05) is 23.5 Å². The average molecular weight is 300 g/mol. The predicted octanol–water partition coefficient (Wildman–Crippen LogP) is 1.51. The molecule has 108 valence electrons. The summed E-state index contributed by atoms with van der Waals surface area (Å²) in [6.07, 6.45) is 1.64. The number of rotatable bonds is 3. The molecule has 7 heteroatoms. The lowest BCUT2D eigenvalue weighted by atomic mass is 10.3. The lowest BCUT2D eigenvalue weighted by molar-refractivity contribution is 0.251. The topological polar surface area (TPSA) is 49.6 Å². The minimum atomic E-state index is 0.787. The number of hydrogen-bond acceptors (Lipinski definition) is 6. The highest BCUT2D eigenvalue weighted by Gasteiger charge is 2.18. The Balaban J connectivity index is 1.42. The molecule has 0 spiro atoms. The van der Waals surface area contributed by atoms with E-state index in [1.54, 1.807) is 10.8 Å². The van der Waals surface area contributed by atoms with Crippen LogP contribution >= 0.6 is 11.3 Å². The molecule has 0 N–H and O–H groups in total. The number of aromatic nitrogens is 4. The van der Waals surface area contributed by atoms with Gasteiger partial charge in [0.05, 0.1) is 0 Å². The highest BCUT2D eigenvalue weighted by Crippen LogP contribution is 2.17. The predicted molar refractivity (Wildman–Crippen MR) is 82.6 cm³/mol. The molecule has 0 atom stereocenters. The third kappa shape index (κ3) is 2.62. The number of piperazine rings is 1. The highest BCUT2D eigenvalue weighted by atomic mass is 32.1. The molecule has 4 heterocycles. The van der Waals surface area contributed by atoms with Crippen LogP contribution in [0.1, 0.15) is 4.88 Å².